The minimum Gasteiger partial charge on any atom is -0.346 e. The fourth-order valence-corrected chi connectivity index (χ4v) is 2.37. The highest BCUT2D eigenvalue weighted by Gasteiger charge is 2.13. The highest BCUT2D eigenvalue weighted by molar-refractivity contribution is 7.11. The van der Waals surface area contributed by atoms with Gasteiger partial charge in [-0.05, 0) is 20.8 Å². The number of rotatable bonds is 3. The lowest BCUT2D eigenvalue weighted by atomic mass is 10.2. The lowest BCUT2D eigenvalue weighted by molar-refractivity contribution is 0.0946. The van der Waals surface area contributed by atoms with Crippen molar-refractivity contribution in [2.45, 2.75) is 27.3 Å². The third-order valence-electron chi connectivity index (χ3n) is 2.49. The topological polar surface area (TPSA) is 70.7 Å². The SMILES string of the molecule is Cc1nc(C(=O)NCc2cn[nH]c2C)c(C)s1. The fourth-order valence-electron chi connectivity index (χ4n) is 1.55. The highest BCUT2D eigenvalue weighted by atomic mass is 32.1. The molecule has 0 fully saturated rings. The minimum absolute atomic E-state index is 0.132. The average Bonchev–Trinajstić information content (AvgIpc) is 2.81. The van der Waals surface area contributed by atoms with Gasteiger partial charge in [0.25, 0.3) is 5.91 Å². The molecule has 17 heavy (non-hydrogen) atoms. The van der Waals surface area contributed by atoms with Gasteiger partial charge in [-0.1, -0.05) is 0 Å². The predicted molar refractivity (Wildman–Crippen MR) is 66.1 cm³/mol. The zero-order valence-electron chi connectivity index (χ0n) is 10.00. The second-order valence-electron chi connectivity index (χ2n) is 3.84. The molecule has 2 aromatic rings. The number of thiazole rings is 1. The summed E-state index contributed by atoms with van der Waals surface area (Å²) in [5, 5.41) is 10.5. The lowest BCUT2D eigenvalue weighted by Gasteiger charge is -2.02. The monoisotopic (exact) mass is 250 g/mol. The van der Waals surface area contributed by atoms with Gasteiger partial charge < -0.3 is 5.32 Å². The van der Waals surface area contributed by atoms with Crippen molar-refractivity contribution in [2.24, 2.45) is 0 Å². The fraction of sp³-hybridized carbons (Fsp3) is 0.364. The quantitative estimate of drug-likeness (QED) is 0.871. The van der Waals surface area contributed by atoms with Crippen LogP contribution < -0.4 is 5.32 Å². The van der Waals surface area contributed by atoms with E-state index in [9.17, 15) is 4.79 Å². The minimum atomic E-state index is -0.132. The van der Waals surface area contributed by atoms with E-state index >= 15 is 0 Å². The van der Waals surface area contributed by atoms with E-state index in [1.165, 1.54) is 11.3 Å². The molecule has 0 atom stereocenters. The number of carbonyl (C=O) groups is 1. The van der Waals surface area contributed by atoms with E-state index in [0.717, 1.165) is 21.1 Å². The predicted octanol–water partition coefficient (Wildman–Crippen LogP) is 1.72. The zero-order chi connectivity index (χ0) is 12.4. The van der Waals surface area contributed by atoms with Crippen LogP contribution in [0.4, 0.5) is 0 Å². The number of hydrogen-bond acceptors (Lipinski definition) is 4. The van der Waals surface area contributed by atoms with Crippen LogP contribution in [0.15, 0.2) is 6.20 Å². The Labute approximate surface area is 103 Å². The largest absolute Gasteiger partial charge is 0.346 e. The molecule has 2 N–H and O–H groups in total. The Balaban J connectivity index is 2.03. The number of carbonyl (C=O) groups excluding carboxylic acids is 1. The Bertz CT molecular complexity index is 543. The summed E-state index contributed by atoms with van der Waals surface area (Å²) < 4.78 is 0. The summed E-state index contributed by atoms with van der Waals surface area (Å²) in [5.74, 6) is -0.132. The molecule has 2 heterocycles. The molecule has 5 nitrogen and oxygen atoms in total. The van der Waals surface area contributed by atoms with E-state index in [0.29, 0.717) is 12.2 Å². The molecule has 0 unspecified atom stereocenters. The molecule has 1 amide bonds. The van der Waals surface area contributed by atoms with Gasteiger partial charge in [0.2, 0.25) is 0 Å². The van der Waals surface area contributed by atoms with Crippen LogP contribution >= 0.6 is 11.3 Å². The maximum Gasteiger partial charge on any atom is 0.271 e. The third kappa shape index (κ3) is 2.52. The van der Waals surface area contributed by atoms with E-state index in [2.05, 4.69) is 20.5 Å². The van der Waals surface area contributed by atoms with Crippen molar-refractivity contribution in [1.29, 1.82) is 0 Å². The average molecular weight is 250 g/mol. The van der Waals surface area contributed by atoms with Gasteiger partial charge >= 0.3 is 0 Å². The molecule has 0 radical (unpaired) electrons. The summed E-state index contributed by atoms with van der Waals surface area (Å²) in [6.07, 6.45) is 1.72. The van der Waals surface area contributed by atoms with Crippen molar-refractivity contribution in [3.05, 3.63) is 33.0 Å². The Morgan fingerprint density at radius 2 is 2.24 bits per heavy atom. The third-order valence-corrected chi connectivity index (χ3v) is 3.38. The summed E-state index contributed by atoms with van der Waals surface area (Å²) in [7, 11) is 0. The van der Waals surface area contributed by atoms with Crippen LogP contribution in [-0.2, 0) is 6.54 Å². The summed E-state index contributed by atoms with van der Waals surface area (Å²) in [5.41, 5.74) is 2.48. The van der Waals surface area contributed by atoms with E-state index in [1.54, 1.807) is 6.20 Å². The number of nitrogens with one attached hydrogen (secondary N) is 2. The van der Waals surface area contributed by atoms with E-state index in [4.69, 9.17) is 0 Å². The molecule has 90 valence electrons. The first kappa shape index (κ1) is 11.8. The van der Waals surface area contributed by atoms with Gasteiger partial charge in [0.15, 0.2) is 0 Å². The van der Waals surface area contributed by atoms with Crippen molar-refractivity contribution < 1.29 is 4.79 Å². The number of aryl methyl sites for hydroxylation is 3. The van der Waals surface area contributed by atoms with Crippen LogP contribution in [0.25, 0.3) is 0 Å². The smallest absolute Gasteiger partial charge is 0.271 e. The molecule has 0 aliphatic rings. The maximum atomic E-state index is 11.9. The lowest BCUT2D eigenvalue weighted by Crippen LogP contribution is -2.24. The highest BCUT2D eigenvalue weighted by Crippen LogP contribution is 2.16. The summed E-state index contributed by atoms with van der Waals surface area (Å²) >= 11 is 1.53. The van der Waals surface area contributed by atoms with Gasteiger partial charge in [-0.2, -0.15) is 5.10 Å². The van der Waals surface area contributed by atoms with Crippen LogP contribution in [0.1, 0.15) is 31.6 Å². The van der Waals surface area contributed by atoms with Gasteiger partial charge in [0.05, 0.1) is 11.2 Å². The zero-order valence-corrected chi connectivity index (χ0v) is 10.8. The van der Waals surface area contributed by atoms with Crippen molar-refractivity contribution >= 4 is 17.2 Å². The molecule has 2 aromatic heterocycles. The Morgan fingerprint density at radius 1 is 1.47 bits per heavy atom. The van der Waals surface area contributed by atoms with Crippen molar-refractivity contribution in [1.82, 2.24) is 20.5 Å². The molecule has 0 spiro atoms. The maximum absolute atomic E-state index is 11.9. The molecule has 0 saturated heterocycles. The molecule has 2 rings (SSSR count). The number of aromatic nitrogens is 3. The van der Waals surface area contributed by atoms with Gasteiger partial charge in [-0.15, -0.1) is 11.3 Å². The molecular weight excluding hydrogens is 236 g/mol. The summed E-state index contributed by atoms with van der Waals surface area (Å²) in [6.45, 7) is 6.20. The van der Waals surface area contributed by atoms with E-state index < -0.39 is 0 Å². The number of hydrogen-bond donors (Lipinski definition) is 2. The molecule has 0 aromatic carbocycles. The van der Waals surface area contributed by atoms with Crippen LogP contribution in [0.5, 0.6) is 0 Å². The molecule has 0 aliphatic heterocycles. The van der Waals surface area contributed by atoms with Gasteiger partial charge in [0.1, 0.15) is 5.69 Å². The summed E-state index contributed by atoms with van der Waals surface area (Å²) in [6, 6.07) is 0. The van der Waals surface area contributed by atoms with E-state index in [1.807, 2.05) is 20.8 Å². The van der Waals surface area contributed by atoms with Gasteiger partial charge in [0, 0.05) is 22.7 Å². The van der Waals surface area contributed by atoms with Crippen LogP contribution in [0.2, 0.25) is 0 Å². The summed E-state index contributed by atoms with van der Waals surface area (Å²) in [4.78, 5) is 17.1. The Morgan fingerprint density at radius 3 is 2.76 bits per heavy atom. The standard InChI is InChI=1S/C11H14N4OS/c1-6-9(5-13-15-6)4-12-11(16)10-7(2)17-8(3)14-10/h5H,4H2,1-3H3,(H,12,16)(H,13,15). The second-order valence-corrected chi connectivity index (χ2v) is 5.25. The second kappa shape index (κ2) is 4.67. The van der Waals surface area contributed by atoms with Gasteiger partial charge in [-0.25, -0.2) is 4.98 Å². The molecule has 0 saturated carbocycles. The Kier molecular flexibility index (Phi) is 3.23. The number of aromatic amines is 1. The van der Waals surface area contributed by atoms with Crippen LogP contribution in [0, 0.1) is 20.8 Å². The molecule has 6 heteroatoms. The number of amides is 1. The van der Waals surface area contributed by atoms with Crippen molar-refractivity contribution in [2.75, 3.05) is 0 Å². The molecular formula is C11H14N4OS. The van der Waals surface area contributed by atoms with Crippen molar-refractivity contribution in [3.8, 4) is 0 Å². The van der Waals surface area contributed by atoms with Crippen molar-refractivity contribution in [3.63, 3.8) is 0 Å². The first-order chi connectivity index (χ1) is 8.08. The first-order valence-electron chi connectivity index (χ1n) is 5.29. The molecule has 0 bridgehead atoms. The van der Waals surface area contributed by atoms with E-state index in [-0.39, 0.29) is 5.91 Å². The van der Waals surface area contributed by atoms with Crippen LogP contribution in [-0.4, -0.2) is 21.1 Å². The molecule has 0 aliphatic carbocycles. The number of nitrogens with zero attached hydrogens (tertiary/aromatic N) is 2. The van der Waals surface area contributed by atoms with Gasteiger partial charge in [-0.3, -0.25) is 9.89 Å². The first-order valence-corrected chi connectivity index (χ1v) is 6.10. The number of H-pyrrole nitrogens is 1. The normalized spacial score (nSPS) is 10.5. The Hall–Kier alpha value is -1.69. The van der Waals surface area contributed by atoms with Crippen LogP contribution in [0.3, 0.4) is 0 Å².